The quantitative estimate of drug-likeness (QED) is 0.773. The number of allylic oxidation sites excluding steroid dienone is 2. The molecule has 0 bridgehead atoms. The molecule has 0 atom stereocenters. The molecule has 25 heavy (non-hydrogen) atoms. The van der Waals surface area contributed by atoms with Gasteiger partial charge in [-0.05, 0) is 18.9 Å². The largest absolute Gasteiger partial charge is 0.417 e. The van der Waals surface area contributed by atoms with Gasteiger partial charge in [0.15, 0.2) is 0 Å². The Morgan fingerprint density at radius 2 is 2.20 bits per heavy atom. The topological polar surface area (TPSA) is 54.2 Å². The van der Waals surface area contributed by atoms with E-state index in [4.69, 9.17) is 17.3 Å². The van der Waals surface area contributed by atoms with E-state index in [2.05, 4.69) is 22.6 Å². The summed E-state index contributed by atoms with van der Waals surface area (Å²) < 4.78 is 39.3. The number of likely N-dealkylation sites (N-methyl/N-ethyl adjacent to an activating group) is 1. The van der Waals surface area contributed by atoms with Crippen LogP contribution in [0.4, 0.5) is 13.2 Å². The molecule has 1 aromatic rings. The first-order chi connectivity index (χ1) is 11.6. The number of halogens is 4. The van der Waals surface area contributed by atoms with Gasteiger partial charge in [-0.3, -0.25) is 0 Å². The van der Waals surface area contributed by atoms with E-state index in [1.165, 1.54) is 11.3 Å². The van der Waals surface area contributed by atoms with E-state index in [0.717, 1.165) is 23.9 Å². The predicted octanol–water partition coefficient (Wildman–Crippen LogP) is 3.65. The molecule has 0 spiro atoms. The Balaban J connectivity index is 1.86. The molecule has 0 aromatic carbocycles. The zero-order chi connectivity index (χ0) is 18.4. The monoisotopic (exact) mass is 388 g/mol. The van der Waals surface area contributed by atoms with Crippen LogP contribution in [-0.2, 0) is 5.54 Å². The van der Waals surface area contributed by atoms with Gasteiger partial charge < -0.3 is 16.0 Å². The van der Waals surface area contributed by atoms with Crippen molar-refractivity contribution in [3.8, 4) is 0 Å². The fourth-order valence-electron chi connectivity index (χ4n) is 2.36. The number of aromatic nitrogens is 1. The Morgan fingerprint density at radius 3 is 2.76 bits per heavy atom. The predicted molar refractivity (Wildman–Crippen MR) is 92.5 cm³/mol. The average molecular weight is 389 g/mol. The number of alkyl halides is 3. The first-order valence-corrected chi connectivity index (χ1v) is 8.65. The molecule has 2 heterocycles. The van der Waals surface area contributed by atoms with Gasteiger partial charge >= 0.3 is 6.18 Å². The second kappa shape index (κ2) is 6.21. The lowest BCUT2D eigenvalue weighted by Gasteiger charge is -2.29. The van der Waals surface area contributed by atoms with Gasteiger partial charge in [-0.2, -0.15) is 13.2 Å². The lowest BCUT2D eigenvalue weighted by Crippen LogP contribution is -2.33. The Labute approximate surface area is 152 Å². The van der Waals surface area contributed by atoms with Crippen molar-refractivity contribution >= 4 is 28.6 Å². The van der Waals surface area contributed by atoms with Gasteiger partial charge in [0.25, 0.3) is 0 Å². The molecule has 3 N–H and O–H groups in total. The molecule has 1 aliphatic carbocycles. The molecule has 0 radical (unpaired) electrons. The van der Waals surface area contributed by atoms with Crippen LogP contribution < -0.4 is 11.1 Å². The Hall–Kier alpha value is -1.73. The number of nitrogens with two attached hydrogens (primary N) is 1. The maximum absolute atomic E-state index is 13.1. The van der Waals surface area contributed by atoms with Gasteiger partial charge in [-0.1, -0.05) is 18.2 Å². The lowest BCUT2D eigenvalue weighted by atomic mass is 10.1. The van der Waals surface area contributed by atoms with Crippen molar-refractivity contribution in [1.82, 2.24) is 15.2 Å². The summed E-state index contributed by atoms with van der Waals surface area (Å²) in [4.78, 5) is 6.62. The van der Waals surface area contributed by atoms with Gasteiger partial charge in [-0.25, -0.2) is 4.98 Å². The van der Waals surface area contributed by atoms with E-state index in [1.54, 1.807) is 18.1 Å². The van der Waals surface area contributed by atoms with Crippen molar-refractivity contribution < 1.29 is 13.2 Å². The third-order valence-electron chi connectivity index (χ3n) is 4.06. The first kappa shape index (κ1) is 18.1. The fourth-order valence-corrected chi connectivity index (χ4v) is 3.75. The summed E-state index contributed by atoms with van der Waals surface area (Å²) in [6, 6.07) is 0. The smallest absolute Gasteiger partial charge is 0.356 e. The van der Waals surface area contributed by atoms with Crippen molar-refractivity contribution in [2.24, 2.45) is 5.73 Å². The lowest BCUT2D eigenvalue weighted by molar-refractivity contribution is -0.0893. The van der Waals surface area contributed by atoms with Crippen LogP contribution in [0.15, 0.2) is 41.0 Å². The molecule has 2 aliphatic rings. The van der Waals surface area contributed by atoms with Crippen LogP contribution in [0.2, 0.25) is 0 Å². The molecule has 1 fully saturated rings. The second-order valence-corrected chi connectivity index (χ2v) is 7.55. The van der Waals surface area contributed by atoms with Gasteiger partial charge in [-0.15, -0.1) is 17.1 Å². The highest BCUT2D eigenvalue weighted by atomic mass is 35.5. The normalized spacial score (nSPS) is 19.4. The fraction of sp³-hybridized carbons (Fsp3) is 0.375. The third kappa shape index (κ3) is 3.62. The van der Waals surface area contributed by atoms with E-state index in [-0.39, 0.29) is 22.9 Å². The number of thiazole rings is 1. The maximum atomic E-state index is 13.1. The first-order valence-electron chi connectivity index (χ1n) is 7.45. The molecule has 0 saturated heterocycles. The van der Waals surface area contributed by atoms with Gasteiger partial charge in [0.2, 0.25) is 0 Å². The standard InChI is InChI=1S/C16H16ClF3N4S/c1-3-11(12-7-22-14(25-12)15(21)4-5-15)23-13-6-9(16(18,19)20)10(17)8-24(13)2/h6-7,23H,1,4-5,8,21H2,2H3. The van der Waals surface area contributed by atoms with Crippen LogP contribution >= 0.6 is 22.9 Å². The molecule has 134 valence electrons. The zero-order valence-corrected chi connectivity index (χ0v) is 14.9. The molecule has 4 nitrogen and oxygen atoms in total. The summed E-state index contributed by atoms with van der Waals surface area (Å²) in [7, 11) is 1.65. The summed E-state index contributed by atoms with van der Waals surface area (Å²) in [5.41, 5.74) is 8.08. The number of nitrogens with one attached hydrogen (secondary N) is 1. The Bertz CT molecular complexity index is 814. The minimum absolute atomic E-state index is 0.0422. The van der Waals surface area contributed by atoms with E-state index in [1.807, 2.05) is 0 Å². The minimum atomic E-state index is -4.51. The summed E-state index contributed by atoms with van der Waals surface area (Å²) in [6.45, 7) is 3.57. The average Bonchev–Trinajstić information content (AvgIpc) is 3.08. The van der Waals surface area contributed by atoms with E-state index in [0.29, 0.717) is 10.6 Å². The molecule has 3 rings (SSSR count). The molecule has 9 heteroatoms. The Kier molecular flexibility index (Phi) is 4.49. The number of hydrogen-bond acceptors (Lipinski definition) is 5. The van der Waals surface area contributed by atoms with Crippen LogP contribution in [0.3, 0.4) is 0 Å². The molecule has 0 unspecified atom stereocenters. The highest BCUT2D eigenvalue weighted by molar-refractivity contribution is 7.12. The summed E-state index contributed by atoms with van der Waals surface area (Å²) in [6.07, 6.45) is -0.140. The molecule has 1 aliphatic heterocycles. The van der Waals surface area contributed by atoms with E-state index >= 15 is 0 Å². The minimum Gasteiger partial charge on any atom is -0.356 e. The Morgan fingerprint density at radius 1 is 1.52 bits per heavy atom. The second-order valence-electron chi connectivity index (χ2n) is 6.06. The molecular formula is C16H16ClF3N4S. The van der Waals surface area contributed by atoms with Crippen LogP contribution in [-0.4, -0.2) is 29.7 Å². The van der Waals surface area contributed by atoms with Crippen LogP contribution in [0.25, 0.3) is 5.70 Å². The van der Waals surface area contributed by atoms with Crippen LogP contribution in [0.1, 0.15) is 22.7 Å². The van der Waals surface area contributed by atoms with Crippen LogP contribution in [0.5, 0.6) is 0 Å². The highest BCUT2D eigenvalue weighted by Gasteiger charge is 2.43. The van der Waals surface area contributed by atoms with E-state index < -0.39 is 11.7 Å². The third-order valence-corrected chi connectivity index (χ3v) is 5.62. The summed E-state index contributed by atoms with van der Waals surface area (Å²) in [5.74, 6) is 0.256. The van der Waals surface area contributed by atoms with Crippen molar-refractivity contribution in [2.45, 2.75) is 24.6 Å². The van der Waals surface area contributed by atoms with Crippen LogP contribution in [0, 0.1) is 0 Å². The van der Waals surface area contributed by atoms with Crippen molar-refractivity contribution in [3.05, 3.63) is 50.9 Å². The molecule has 0 amide bonds. The molecular weight excluding hydrogens is 373 g/mol. The highest BCUT2D eigenvalue weighted by Crippen LogP contribution is 2.44. The summed E-state index contributed by atoms with van der Waals surface area (Å²) in [5, 5.41) is 3.51. The summed E-state index contributed by atoms with van der Waals surface area (Å²) >= 11 is 7.15. The van der Waals surface area contributed by atoms with Crippen molar-refractivity contribution in [3.63, 3.8) is 0 Å². The van der Waals surface area contributed by atoms with Crippen molar-refractivity contribution in [2.75, 3.05) is 13.6 Å². The van der Waals surface area contributed by atoms with Gasteiger partial charge in [0, 0.05) is 18.3 Å². The number of hydrogen-bond donors (Lipinski definition) is 2. The molecule has 1 aromatic heterocycles. The zero-order valence-electron chi connectivity index (χ0n) is 13.4. The molecule has 1 saturated carbocycles. The van der Waals surface area contributed by atoms with Crippen molar-refractivity contribution in [1.29, 1.82) is 0 Å². The van der Waals surface area contributed by atoms with E-state index in [9.17, 15) is 13.2 Å². The SMILES string of the molecule is C=C=C(NC1=CC(C(F)(F)F)=C(Cl)CN1C)c1cnc(C2(N)CC2)s1. The maximum Gasteiger partial charge on any atom is 0.417 e. The van der Waals surface area contributed by atoms with Gasteiger partial charge in [0.05, 0.1) is 22.5 Å². The van der Waals surface area contributed by atoms with Gasteiger partial charge in [0.1, 0.15) is 16.5 Å². The number of nitrogens with zero attached hydrogens (tertiary/aromatic N) is 2. The number of rotatable bonds is 4.